The zero-order valence-electron chi connectivity index (χ0n) is 16.9. The Hall–Kier alpha value is -3.31. The van der Waals surface area contributed by atoms with Crippen LogP contribution in [0.2, 0.25) is 0 Å². The van der Waals surface area contributed by atoms with Crippen molar-refractivity contribution >= 4 is 11.6 Å². The molecule has 30 heavy (non-hydrogen) atoms. The van der Waals surface area contributed by atoms with Gasteiger partial charge in [-0.25, -0.2) is 0 Å². The quantitative estimate of drug-likeness (QED) is 0.633. The fourth-order valence-corrected chi connectivity index (χ4v) is 3.50. The number of fused-ring (bicyclic) bond motifs is 1. The van der Waals surface area contributed by atoms with Crippen molar-refractivity contribution < 1.29 is 14.3 Å². The molecule has 0 saturated heterocycles. The third-order valence-corrected chi connectivity index (χ3v) is 4.90. The molecule has 3 aromatic rings. The Kier molecular flexibility index (Phi) is 6.62. The summed E-state index contributed by atoms with van der Waals surface area (Å²) in [6.45, 7) is 2.95. The van der Waals surface area contributed by atoms with Gasteiger partial charge in [0.05, 0.1) is 19.8 Å². The van der Waals surface area contributed by atoms with Crippen LogP contribution in [0.1, 0.15) is 17.5 Å². The number of anilines is 1. The Morgan fingerprint density at radius 3 is 2.03 bits per heavy atom. The molecule has 1 amide bonds. The van der Waals surface area contributed by atoms with Crippen molar-refractivity contribution in [3.05, 3.63) is 90.0 Å². The lowest BCUT2D eigenvalue weighted by Gasteiger charge is -2.22. The van der Waals surface area contributed by atoms with Crippen LogP contribution in [0.4, 0.5) is 5.69 Å². The van der Waals surface area contributed by atoms with Gasteiger partial charge in [0.15, 0.2) is 11.5 Å². The molecule has 0 spiro atoms. The lowest BCUT2D eigenvalue weighted by molar-refractivity contribution is -0.117. The number of nitrogens with zero attached hydrogens (tertiary/aromatic N) is 1. The standard InChI is InChI=1S/C25H26N2O3/c28-25(26-22-12-13-23-24(16-22)30-15-7-14-29-23)19-27(17-20-8-3-1-4-9-20)18-21-10-5-2-6-11-21/h1-6,8-13,16H,7,14-15,17-19H2,(H,26,28). The average molecular weight is 402 g/mol. The van der Waals surface area contributed by atoms with E-state index in [-0.39, 0.29) is 12.5 Å². The van der Waals surface area contributed by atoms with Gasteiger partial charge in [-0.05, 0) is 23.3 Å². The highest BCUT2D eigenvalue weighted by atomic mass is 16.5. The van der Waals surface area contributed by atoms with Gasteiger partial charge in [0.25, 0.3) is 0 Å². The number of nitrogens with one attached hydrogen (secondary N) is 1. The van der Waals surface area contributed by atoms with Gasteiger partial charge in [-0.15, -0.1) is 0 Å². The summed E-state index contributed by atoms with van der Waals surface area (Å²) in [7, 11) is 0. The zero-order valence-corrected chi connectivity index (χ0v) is 16.9. The van der Waals surface area contributed by atoms with E-state index in [9.17, 15) is 4.79 Å². The second kappa shape index (κ2) is 9.94. The van der Waals surface area contributed by atoms with E-state index in [2.05, 4.69) is 34.5 Å². The summed E-state index contributed by atoms with van der Waals surface area (Å²) in [5, 5.41) is 3.00. The first-order valence-corrected chi connectivity index (χ1v) is 10.3. The summed E-state index contributed by atoms with van der Waals surface area (Å²) < 4.78 is 11.4. The van der Waals surface area contributed by atoms with Gasteiger partial charge in [0, 0.05) is 31.3 Å². The van der Waals surface area contributed by atoms with E-state index in [0.29, 0.717) is 37.7 Å². The minimum Gasteiger partial charge on any atom is -0.490 e. The van der Waals surface area contributed by atoms with Crippen LogP contribution in [0, 0.1) is 0 Å². The molecule has 5 heteroatoms. The van der Waals surface area contributed by atoms with Crippen LogP contribution < -0.4 is 14.8 Å². The second-order valence-electron chi connectivity index (χ2n) is 7.38. The number of carbonyl (C=O) groups excluding carboxylic acids is 1. The van der Waals surface area contributed by atoms with Crippen LogP contribution in [0.3, 0.4) is 0 Å². The second-order valence-corrected chi connectivity index (χ2v) is 7.38. The highest BCUT2D eigenvalue weighted by Gasteiger charge is 2.15. The number of benzene rings is 3. The van der Waals surface area contributed by atoms with Crippen molar-refractivity contribution in [2.75, 3.05) is 25.1 Å². The molecule has 0 aliphatic carbocycles. The number of hydrogen-bond acceptors (Lipinski definition) is 4. The minimum absolute atomic E-state index is 0.0589. The van der Waals surface area contributed by atoms with Gasteiger partial charge in [-0.1, -0.05) is 60.7 Å². The summed E-state index contributed by atoms with van der Waals surface area (Å²) >= 11 is 0. The third-order valence-electron chi connectivity index (χ3n) is 4.90. The maximum atomic E-state index is 12.8. The van der Waals surface area contributed by atoms with Gasteiger partial charge >= 0.3 is 0 Å². The summed E-state index contributed by atoms with van der Waals surface area (Å²) in [5.41, 5.74) is 3.07. The molecule has 5 nitrogen and oxygen atoms in total. The molecular formula is C25H26N2O3. The first kappa shape index (κ1) is 20.0. The van der Waals surface area contributed by atoms with Crippen molar-refractivity contribution in [2.24, 2.45) is 0 Å². The smallest absolute Gasteiger partial charge is 0.238 e. The van der Waals surface area contributed by atoms with Crippen molar-refractivity contribution in [1.82, 2.24) is 4.90 Å². The van der Waals surface area contributed by atoms with Crippen LogP contribution in [-0.4, -0.2) is 30.6 Å². The normalized spacial score (nSPS) is 13.0. The van der Waals surface area contributed by atoms with Crippen LogP contribution in [0.15, 0.2) is 78.9 Å². The van der Waals surface area contributed by atoms with Crippen LogP contribution in [0.25, 0.3) is 0 Å². The maximum Gasteiger partial charge on any atom is 0.238 e. The molecule has 1 aliphatic heterocycles. The number of carbonyl (C=O) groups is 1. The molecule has 0 bridgehead atoms. The Labute approximate surface area is 177 Å². The fourth-order valence-electron chi connectivity index (χ4n) is 3.50. The third kappa shape index (κ3) is 5.61. The predicted octanol–water partition coefficient (Wildman–Crippen LogP) is 4.49. The Bertz CT molecular complexity index is 919. The van der Waals surface area contributed by atoms with Crippen molar-refractivity contribution in [3.8, 4) is 11.5 Å². The topological polar surface area (TPSA) is 50.8 Å². The summed E-state index contributed by atoms with van der Waals surface area (Å²) in [4.78, 5) is 15.0. The molecule has 0 atom stereocenters. The van der Waals surface area contributed by atoms with Crippen molar-refractivity contribution in [2.45, 2.75) is 19.5 Å². The number of ether oxygens (including phenoxy) is 2. The van der Waals surface area contributed by atoms with E-state index in [0.717, 1.165) is 12.2 Å². The van der Waals surface area contributed by atoms with E-state index in [1.807, 2.05) is 54.6 Å². The van der Waals surface area contributed by atoms with E-state index in [4.69, 9.17) is 9.47 Å². The molecular weight excluding hydrogens is 376 g/mol. The molecule has 0 unspecified atom stereocenters. The summed E-state index contributed by atoms with van der Waals surface area (Å²) in [5.74, 6) is 1.34. The van der Waals surface area contributed by atoms with Gasteiger partial charge in [0.1, 0.15) is 0 Å². The molecule has 3 aromatic carbocycles. The molecule has 1 aliphatic rings. The maximum absolute atomic E-state index is 12.8. The number of rotatable bonds is 7. The predicted molar refractivity (Wildman–Crippen MR) is 118 cm³/mol. The fraction of sp³-hybridized carbons (Fsp3) is 0.240. The SMILES string of the molecule is O=C(CN(Cc1ccccc1)Cc1ccccc1)Nc1ccc2c(c1)OCCCO2. The first-order valence-electron chi connectivity index (χ1n) is 10.3. The van der Waals surface area contributed by atoms with E-state index < -0.39 is 0 Å². The van der Waals surface area contributed by atoms with Crippen molar-refractivity contribution in [3.63, 3.8) is 0 Å². The average Bonchev–Trinajstić information content (AvgIpc) is 3.00. The van der Waals surface area contributed by atoms with Gasteiger partial charge in [-0.3, -0.25) is 9.69 Å². The molecule has 4 rings (SSSR count). The number of hydrogen-bond donors (Lipinski definition) is 1. The monoisotopic (exact) mass is 402 g/mol. The molecule has 0 aromatic heterocycles. The van der Waals surface area contributed by atoms with E-state index in [1.54, 1.807) is 0 Å². The lowest BCUT2D eigenvalue weighted by atomic mass is 10.1. The Morgan fingerprint density at radius 2 is 1.40 bits per heavy atom. The molecule has 0 fully saturated rings. The molecule has 154 valence electrons. The van der Waals surface area contributed by atoms with Crippen LogP contribution in [-0.2, 0) is 17.9 Å². The highest BCUT2D eigenvalue weighted by Crippen LogP contribution is 2.32. The highest BCUT2D eigenvalue weighted by molar-refractivity contribution is 5.92. The van der Waals surface area contributed by atoms with Crippen LogP contribution in [0.5, 0.6) is 11.5 Å². The first-order chi connectivity index (χ1) is 14.8. The Morgan fingerprint density at radius 1 is 0.800 bits per heavy atom. The largest absolute Gasteiger partial charge is 0.490 e. The Balaban J connectivity index is 1.43. The lowest BCUT2D eigenvalue weighted by Crippen LogP contribution is -2.32. The molecule has 0 radical (unpaired) electrons. The summed E-state index contributed by atoms with van der Waals surface area (Å²) in [6.07, 6.45) is 0.851. The van der Waals surface area contributed by atoms with Gasteiger partial charge < -0.3 is 14.8 Å². The molecule has 0 saturated carbocycles. The van der Waals surface area contributed by atoms with Gasteiger partial charge in [0.2, 0.25) is 5.91 Å². The van der Waals surface area contributed by atoms with Gasteiger partial charge in [-0.2, -0.15) is 0 Å². The summed E-state index contributed by atoms with van der Waals surface area (Å²) in [6, 6.07) is 26.0. The molecule has 1 N–H and O–H groups in total. The van der Waals surface area contributed by atoms with Crippen molar-refractivity contribution in [1.29, 1.82) is 0 Å². The van der Waals surface area contributed by atoms with Crippen LogP contribution >= 0.6 is 0 Å². The van der Waals surface area contributed by atoms with E-state index >= 15 is 0 Å². The molecule has 1 heterocycles. The zero-order chi connectivity index (χ0) is 20.6. The van der Waals surface area contributed by atoms with E-state index in [1.165, 1.54) is 11.1 Å². The number of amides is 1. The minimum atomic E-state index is -0.0589.